The van der Waals surface area contributed by atoms with Crippen LogP contribution in [-0.4, -0.2) is 18.0 Å². The summed E-state index contributed by atoms with van der Waals surface area (Å²) < 4.78 is 8.18. The minimum Gasteiger partial charge on any atom is -0.468 e. The Kier molecular flexibility index (Phi) is 8.37. The largest absolute Gasteiger partial charge is 0.468 e. The molecule has 0 aliphatic heterocycles. The van der Waals surface area contributed by atoms with Crippen LogP contribution in [0, 0.1) is 63.2 Å². The monoisotopic (exact) mass is 555 g/mol. The molecule has 1 aromatic heterocycles. The van der Waals surface area contributed by atoms with Crippen molar-refractivity contribution in [2.45, 2.75) is 6.54 Å². The Morgan fingerprint density at radius 2 is 1.40 bits per heavy atom. The summed E-state index contributed by atoms with van der Waals surface area (Å²) in [5.74, 6) is 3.50. The second kappa shape index (κ2) is 10.5. The minimum absolute atomic E-state index is 0.801. The smallest absolute Gasteiger partial charge is 0.117 e. The van der Waals surface area contributed by atoms with E-state index in [0.29, 0.717) is 0 Å². The Balaban J connectivity index is 1.61. The molecule has 2 nitrogen and oxygen atoms in total. The highest BCUT2D eigenvalue weighted by Crippen LogP contribution is 2.29. The Bertz CT molecular complexity index is 533. The van der Waals surface area contributed by atoms with Gasteiger partial charge in [-0.1, -0.05) is 12.2 Å². The normalized spacial score (nSPS) is 20.9. The van der Waals surface area contributed by atoms with Gasteiger partial charge < -0.3 is 4.42 Å². The van der Waals surface area contributed by atoms with Crippen molar-refractivity contribution in [3.63, 3.8) is 0 Å². The fraction of sp³-hybridized carbons (Fsp3) is 0.143. The predicted molar refractivity (Wildman–Crippen MR) is 119 cm³/mol. The first-order valence-electron chi connectivity index (χ1n) is 8.09. The van der Waals surface area contributed by atoms with Crippen molar-refractivity contribution < 1.29 is 4.42 Å². The van der Waals surface area contributed by atoms with Gasteiger partial charge in [-0.3, -0.25) is 4.90 Å². The van der Waals surface area contributed by atoms with Crippen molar-refractivity contribution >= 4 is 45.2 Å². The molecule has 1 heterocycles. The number of hydrogen-bond acceptors (Lipinski definition) is 2. The van der Waals surface area contributed by atoms with Crippen LogP contribution in [0.4, 0.5) is 0 Å². The third-order valence-corrected chi connectivity index (χ3v) is 5.04. The summed E-state index contributed by atoms with van der Waals surface area (Å²) in [4.78, 5) is 2.40. The van der Waals surface area contributed by atoms with Gasteiger partial charge in [-0.2, -0.15) is 0 Å². The molecule has 4 heteroatoms. The molecule has 0 bridgehead atoms. The van der Waals surface area contributed by atoms with Crippen LogP contribution in [0.25, 0.3) is 0 Å². The van der Waals surface area contributed by atoms with Crippen LogP contribution in [0.5, 0.6) is 0 Å². The maximum absolute atomic E-state index is 5.55. The van der Waals surface area contributed by atoms with Crippen LogP contribution in [0.15, 0.2) is 42.1 Å². The highest BCUT2D eigenvalue weighted by atomic mass is 127. The van der Waals surface area contributed by atoms with Gasteiger partial charge in [0.2, 0.25) is 0 Å². The Morgan fingerprint density at radius 1 is 0.880 bits per heavy atom. The maximum Gasteiger partial charge on any atom is 0.117 e. The van der Waals surface area contributed by atoms with Gasteiger partial charge in [0.05, 0.1) is 12.8 Å². The summed E-state index contributed by atoms with van der Waals surface area (Å²) in [6.45, 7) is 2.59. The molecule has 2 aliphatic rings. The summed E-state index contributed by atoms with van der Waals surface area (Å²) in [6, 6.07) is 3.98. The molecule has 2 fully saturated rings. The molecule has 0 aromatic carbocycles. The summed E-state index contributed by atoms with van der Waals surface area (Å²) in [5, 5.41) is 0. The van der Waals surface area contributed by atoms with Crippen LogP contribution in [-0.2, 0) is 6.54 Å². The zero-order valence-electron chi connectivity index (χ0n) is 13.7. The lowest BCUT2D eigenvalue weighted by atomic mass is 10.1. The molecule has 0 atom stereocenters. The van der Waals surface area contributed by atoms with Crippen molar-refractivity contribution in [1.82, 2.24) is 4.90 Å². The molecule has 0 saturated heterocycles. The van der Waals surface area contributed by atoms with E-state index in [4.69, 9.17) is 4.42 Å². The molecule has 25 heavy (non-hydrogen) atoms. The van der Waals surface area contributed by atoms with E-state index >= 15 is 0 Å². The molecule has 128 valence electrons. The number of hydrogen-bond donors (Lipinski definition) is 0. The topological polar surface area (TPSA) is 16.4 Å². The first kappa shape index (κ1) is 19.9. The lowest BCUT2D eigenvalue weighted by Gasteiger charge is -2.22. The molecule has 10 radical (unpaired) electrons. The molecule has 3 rings (SSSR count). The number of allylic oxidation sites excluding steroid dienone is 2. The van der Waals surface area contributed by atoms with Gasteiger partial charge in [-0.05, 0) is 109 Å². The second-order valence-corrected chi connectivity index (χ2v) is 8.61. The third kappa shape index (κ3) is 7.01. The van der Waals surface area contributed by atoms with E-state index in [1.165, 1.54) is 19.0 Å². The van der Waals surface area contributed by atoms with Crippen molar-refractivity contribution in [3.05, 3.63) is 107 Å². The lowest BCUT2D eigenvalue weighted by Crippen LogP contribution is -2.26. The fourth-order valence-electron chi connectivity index (χ4n) is 2.64. The zero-order valence-corrected chi connectivity index (χ0v) is 18.1. The Morgan fingerprint density at radius 3 is 1.84 bits per heavy atom. The molecule has 0 N–H and O–H groups in total. The summed E-state index contributed by atoms with van der Waals surface area (Å²) >= 11 is 4.87. The van der Waals surface area contributed by atoms with Gasteiger partial charge in [0.25, 0.3) is 0 Å². The van der Waals surface area contributed by atoms with Crippen molar-refractivity contribution in [2.24, 2.45) is 0 Å². The summed E-state index contributed by atoms with van der Waals surface area (Å²) in [7, 11) is 0. The molecule has 0 spiro atoms. The molecular formula is C21H19I2NO. The van der Waals surface area contributed by atoms with Gasteiger partial charge in [0.15, 0.2) is 0 Å². The van der Waals surface area contributed by atoms with Crippen molar-refractivity contribution in [2.75, 3.05) is 13.1 Å². The van der Waals surface area contributed by atoms with Gasteiger partial charge in [-0.15, -0.1) is 0 Å². The number of furan rings is 1. The molecule has 1 aromatic rings. The van der Waals surface area contributed by atoms with Crippen LogP contribution in [0.1, 0.15) is 5.76 Å². The Labute approximate surface area is 179 Å². The standard InChI is InChI=1S/C21H19I2NO/c22-19(12-17-6-1-2-7-17)14-24(16-21-10-5-11-25-21)15-20(23)13-18-8-3-4-9-18/h1-13H,14-16H2/b19-12-,20-13-. The Hall–Kier alpha value is 0.180. The molecular weight excluding hydrogens is 536 g/mol. The highest BCUT2D eigenvalue weighted by Gasteiger charge is 2.18. The van der Waals surface area contributed by atoms with Gasteiger partial charge in [0.1, 0.15) is 5.76 Å². The summed E-state index contributed by atoms with van der Waals surface area (Å²) in [6.07, 6.45) is 23.0. The molecule has 0 unspecified atom stereocenters. The quantitative estimate of drug-likeness (QED) is 0.393. The maximum atomic E-state index is 5.55. The van der Waals surface area contributed by atoms with E-state index in [1.807, 2.05) is 12.1 Å². The number of nitrogens with zero attached hydrogens (tertiary/aromatic N) is 1. The van der Waals surface area contributed by atoms with Crippen LogP contribution >= 0.6 is 45.2 Å². The summed E-state index contributed by atoms with van der Waals surface area (Å²) in [5.41, 5.74) is 0. The SMILES string of the molecule is I/C(=C\[C]1[CH][CH][CH][CH]1)CN(C/C(I)=C/[C]1[CH][CH][CH][CH]1)Cc1ccco1. The first-order valence-corrected chi connectivity index (χ1v) is 10.2. The number of rotatable bonds is 8. The van der Waals surface area contributed by atoms with Gasteiger partial charge >= 0.3 is 0 Å². The molecule has 2 aliphatic carbocycles. The average molecular weight is 555 g/mol. The molecule has 2 saturated carbocycles. The van der Waals surface area contributed by atoms with E-state index in [0.717, 1.165) is 25.4 Å². The van der Waals surface area contributed by atoms with E-state index < -0.39 is 0 Å². The average Bonchev–Trinajstić information content (AvgIpc) is 3.29. The van der Waals surface area contributed by atoms with E-state index in [1.54, 1.807) is 6.26 Å². The van der Waals surface area contributed by atoms with Gasteiger partial charge in [0, 0.05) is 32.1 Å². The second-order valence-electron chi connectivity index (χ2n) is 5.84. The molecule has 0 amide bonds. The van der Waals surface area contributed by atoms with Crippen LogP contribution in [0.3, 0.4) is 0 Å². The van der Waals surface area contributed by atoms with Gasteiger partial charge in [-0.25, -0.2) is 0 Å². The van der Waals surface area contributed by atoms with E-state index in [9.17, 15) is 0 Å². The fourth-order valence-corrected chi connectivity index (χ4v) is 4.33. The van der Waals surface area contributed by atoms with Crippen molar-refractivity contribution in [3.8, 4) is 0 Å². The highest BCUT2D eigenvalue weighted by molar-refractivity contribution is 14.1. The van der Waals surface area contributed by atoms with E-state index in [2.05, 4.69) is 114 Å². The predicted octanol–water partition coefficient (Wildman–Crippen LogP) is 5.53. The first-order chi connectivity index (χ1) is 12.2. The van der Waals surface area contributed by atoms with Crippen LogP contribution < -0.4 is 0 Å². The number of halogens is 2. The third-order valence-electron chi connectivity index (χ3n) is 3.73. The van der Waals surface area contributed by atoms with E-state index in [-0.39, 0.29) is 0 Å². The minimum atomic E-state index is 0.801. The zero-order chi connectivity index (χ0) is 17.5. The lowest BCUT2D eigenvalue weighted by molar-refractivity contribution is 0.292. The van der Waals surface area contributed by atoms with Crippen LogP contribution in [0.2, 0.25) is 0 Å². The van der Waals surface area contributed by atoms with Crippen molar-refractivity contribution in [1.29, 1.82) is 0 Å².